The van der Waals surface area contributed by atoms with Crippen molar-refractivity contribution in [1.29, 1.82) is 0 Å². The lowest BCUT2D eigenvalue weighted by Crippen LogP contribution is -2.49. The Labute approximate surface area is 170 Å². The number of hydrogen-bond acceptors (Lipinski definition) is 4. The van der Waals surface area contributed by atoms with Gasteiger partial charge in [-0.1, -0.05) is 25.1 Å². The van der Waals surface area contributed by atoms with Gasteiger partial charge in [-0.05, 0) is 48.9 Å². The van der Waals surface area contributed by atoms with Crippen molar-refractivity contribution in [2.24, 2.45) is 0 Å². The molecule has 6 heteroatoms. The summed E-state index contributed by atoms with van der Waals surface area (Å²) in [7, 11) is 0. The van der Waals surface area contributed by atoms with Crippen molar-refractivity contribution in [2.45, 2.75) is 45.7 Å². The van der Waals surface area contributed by atoms with E-state index in [-0.39, 0.29) is 30.4 Å². The Kier molecular flexibility index (Phi) is 6.73. The average Bonchev–Trinajstić information content (AvgIpc) is 3.19. The maximum atomic E-state index is 13.2. The van der Waals surface area contributed by atoms with Crippen LogP contribution in [0.4, 0.5) is 0 Å². The number of benzene rings is 1. The van der Waals surface area contributed by atoms with Crippen LogP contribution in [0.5, 0.6) is 5.75 Å². The average molecular weight is 401 g/mol. The summed E-state index contributed by atoms with van der Waals surface area (Å²) in [5.74, 6) is 0.712. The summed E-state index contributed by atoms with van der Waals surface area (Å²) in [5, 5.41) is 2.08. The van der Waals surface area contributed by atoms with Gasteiger partial charge >= 0.3 is 0 Å². The van der Waals surface area contributed by atoms with E-state index in [2.05, 4.69) is 11.4 Å². The normalized spacial score (nSPS) is 17.0. The predicted octanol–water partition coefficient (Wildman–Crippen LogP) is 3.90. The highest BCUT2D eigenvalue weighted by atomic mass is 32.1. The molecule has 5 nitrogen and oxygen atoms in total. The Morgan fingerprint density at radius 1 is 1.29 bits per heavy atom. The summed E-state index contributed by atoms with van der Waals surface area (Å²) in [6.07, 6.45) is 1.67. The van der Waals surface area contributed by atoms with Gasteiger partial charge in [0.1, 0.15) is 12.4 Å². The second-order valence-corrected chi connectivity index (χ2v) is 8.18. The van der Waals surface area contributed by atoms with Crippen LogP contribution in [0, 0.1) is 0 Å². The van der Waals surface area contributed by atoms with Crippen LogP contribution in [-0.2, 0) is 16.0 Å². The third-order valence-corrected chi connectivity index (χ3v) is 6.40. The molecule has 2 aromatic rings. The van der Waals surface area contributed by atoms with Crippen LogP contribution in [0.25, 0.3) is 0 Å². The molecule has 0 unspecified atom stereocenters. The van der Waals surface area contributed by atoms with Crippen molar-refractivity contribution < 1.29 is 14.3 Å². The molecule has 0 saturated carbocycles. The zero-order valence-corrected chi connectivity index (χ0v) is 17.6. The molecule has 28 heavy (non-hydrogen) atoms. The standard InChI is InChI=1S/C22H28N2O3S/c1-4-16(2)24(17(3)25)14-22(26)23-12-10-21-19(11-13-28-21)20(23)15-27-18-8-6-5-7-9-18/h5-9,11,13,16,20H,4,10,12,14-15H2,1-3H3/t16-,20+/m1/s1. The fraction of sp³-hybridized carbons (Fsp3) is 0.455. The Balaban J connectivity index is 1.77. The summed E-state index contributed by atoms with van der Waals surface area (Å²) in [6, 6.07) is 11.7. The van der Waals surface area contributed by atoms with E-state index in [1.54, 1.807) is 16.2 Å². The van der Waals surface area contributed by atoms with Crippen molar-refractivity contribution in [3.63, 3.8) is 0 Å². The van der Waals surface area contributed by atoms with Crippen LogP contribution in [0.2, 0.25) is 0 Å². The van der Waals surface area contributed by atoms with Crippen molar-refractivity contribution in [3.8, 4) is 5.75 Å². The van der Waals surface area contributed by atoms with Crippen LogP contribution in [0.1, 0.15) is 43.7 Å². The predicted molar refractivity (Wildman–Crippen MR) is 112 cm³/mol. The smallest absolute Gasteiger partial charge is 0.242 e. The van der Waals surface area contributed by atoms with Crippen molar-refractivity contribution >= 4 is 23.2 Å². The molecular formula is C22H28N2O3S. The number of fused-ring (bicyclic) bond motifs is 1. The molecule has 1 aromatic heterocycles. The van der Waals surface area contributed by atoms with Gasteiger partial charge in [0, 0.05) is 24.4 Å². The second kappa shape index (κ2) is 9.24. The van der Waals surface area contributed by atoms with Crippen LogP contribution in [0.15, 0.2) is 41.8 Å². The molecule has 1 aliphatic heterocycles. The number of carbonyl (C=O) groups excluding carboxylic acids is 2. The van der Waals surface area contributed by atoms with Crippen LogP contribution < -0.4 is 4.74 Å². The van der Waals surface area contributed by atoms with Gasteiger partial charge in [-0.3, -0.25) is 9.59 Å². The number of ether oxygens (including phenoxy) is 1. The minimum atomic E-state index is -0.131. The molecule has 2 heterocycles. The van der Waals surface area contributed by atoms with Crippen molar-refractivity contribution in [3.05, 3.63) is 52.2 Å². The maximum Gasteiger partial charge on any atom is 0.242 e. The van der Waals surface area contributed by atoms with E-state index in [4.69, 9.17) is 4.74 Å². The topological polar surface area (TPSA) is 49.9 Å². The van der Waals surface area contributed by atoms with Gasteiger partial charge in [-0.25, -0.2) is 0 Å². The minimum absolute atomic E-state index is 0.0194. The molecule has 1 aromatic carbocycles. The van der Waals surface area contributed by atoms with E-state index in [1.165, 1.54) is 17.4 Å². The summed E-state index contributed by atoms with van der Waals surface area (Å²) in [4.78, 5) is 30.1. The van der Waals surface area contributed by atoms with Crippen LogP contribution in [-0.4, -0.2) is 47.4 Å². The van der Waals surface area contributed by atoms with Crippen LogP contribution >= 0.6 is 11.3 Å². The highest BCUT2D eigenvalue weighted by molar-refractivity contribution is 7.10. The summed E-state index contributed by atoms with van der Waals surface area (Å²) < 4.78 is 6.00. The lowest BCUT2D eigenvalue weighted by atomic mass is 10.00. The molecule has 0 aliphatic carbocycles. The Bertz CT molecular complexity index is 805. The van der Waals surface area contributed by atoms with Gasteiger partial charge in [-0.15, -0.1) is 11.3 Å². The van der Waals surface area contributed by atoms with E-state index in [0.29, 0.717) is 13.2 Å². The molecule has 0 spiro atoms. The first-order valence-corrected chi connectivity index (χ1v) is 10.7. The van der Waals surface area contributed by atoms with Crippen molar-refractivity contribution in [1.82, 2.24) is 9.80 Å². The first-order chi connectivity index (χ1) is 13.5. The molecule has 0 radical (unpaired) electrons. The van der Waals surface area contributed by atoms with E-state index < -0.39 is 0 Å². The zero-order chi connectivity index (χ0) is 20.1. The number of hydrogen-bond donors (Lipinski definition) is 0. The molecule has 0 fully saturated rings. The van der Waals surface area contributed by atoms with Crippen LogP contribution in [0.3, 0.4) is 0 Å². The largest absolute Gasteiger partial charge is 0.491 e. The van der Waals surface area contributed by atoms with Crippen molar-refractivity contribution in [2.75, 3.05) is 19.7 Å². The third kappa shape index (κ3) is 4.55. The fourth-order valence-corrected chi connectivity index (χ4v) is 4.53. The molecule has 0 saturated heterocycles. The van der Waals surface area contributed by atoms with Gasteiger partial charge in [0.25, 0.3) is 0 Å². The number of nitrogens with zero attached hydrogens (tertiary/aromatic N) is 2. The Hall–Kier alpha value is -2.34. The van der Waals surface area contributed by atoms with Gasteiger partial charge in [-0.2, -0.15) is 0 Å². The number of rotatable bonds is 7. The highest BCUT2D eigenvalue weighted by Crippen LogP contribution is 2.34. The molecule has 1 aliphatic rings. The summed E-state index contributed by atoms with van der Waals surface area (Å²) in [5.41, 5.74) is 1.17. The first-order valence-electron chi connectivity index (χ1n) is 9.82. The lowest BCUT2D eigenvalue weighted by Gasteiger charge is -2.37. The van der Waals surface area contributed by atoms with Gasteiger partial charge in [0.05, 0.1) is 12.6 Å². The number of amides is 2. The van der Waals surface area contributed by atoms with Gasteiger partial charge < -0.3 is 14.5 Å². The maximum absolute atomic E-state index is 13.2. The van der Waals surface area contributed by atoms with E-state index in [9.17, 15) is 9.59 Å². The molecule has 150 valence electrons. The fourth-order valence-electron chi connectivity index (χ4n) is 3.60. The molecule has 3 rings (SSSR count). The molecule has 0 bridgehead atoms. The quantitative estimate of drug-likeness (QED) is 0.708. The summed E-state index contributed by atoms with van der Waals surface area (Å²) >= 11 is 1.73. The highest BCUT2D eigenvalue weighted by Gasteiger charge is 2.33. The zero-order valence-electron chi connectivity index (χ0n) is 16.8. The first kappa shape index (κ1) is 20.4. The molecule has 2 atom stereocenters. The summed E-state index contributed by atoms with van der Waals surface area (Å²) in [6.45, 7) is 6.72. The van der Waals surface area contributed by atoms with Gasteiger partial charge in [0.15, 0.2) is 0 Å². The Morgan fingerprint density at radius 3 is 2.71 bits per heavy atom. The van der Waals surface area contributed by atoms with E-state index in [1.807, 2.05) is 49.1 Å². The number of thiophene rings is 1. The second-order valence-electron chi connectivity index (χ2n) is 7.18. The molecule has 2 amide bonds. The van der Waals surface area contributed by atoms with E-state index >= 15 is 0 Å². The SMILES string of the molecule is CC[C@@H](C)N(CC(=O)N1CCc2sccc2[C@@H]1COc1ccccc1)C(C)=O. The van der Waals surface area contributed by atoms with E-state index in [0.717, 1.165) is 18.6 Å². The monoisotopic (exact) mass is 400 g/mol. The minimum Gasteiger partial charge on any atom is -0.491 e. The third-order valence-electron chi connectivity index (χ3n) is 5.40. The molecule has 0 N–H and O–H groups in total. The number of para-hydroxylation sites is 1. The molecular weight excluding hydrogens is 372 g/mol. The lowest BCUT2D eigenvalue weighted by molar-refractivity contribution is -0.143. The van der Waals surface area contributed by atoms with Gasteiger partial charge in [0.2, 0.25) is 11.8 Å². The Morgan fingerprint density at radius 2 is 2.04 bits per heavy atom. The number of carbonyl (C=O) groups is 2.